The van der Waals surface area contributed by atoms with Crippen molar-refractivity contribution in [2.24, 2.45) is 10.9 Å². The molecule has 0 amide bonds. The molecule has 1 aliphatic carbocycles. The van der Waals surface area contributed by atoms with E-state index in [1.807, 2.05) is 0 Å². The van der Waals surface area contributed by atoms with Gasteiger partial charge in [0, 0.05) is 18.3 Å². The van der Waals surface area contributed by atoms with Gasteiger partial charge in [-0.3, -0.25) is 5.01 Å². The Morgan fingerprint density at radius 3 is 2.74 bits per heavy atom. The van der Waals surface area contributed by atoms with Gasteiger partial charge < -0.3 is 4.52 Å². The van der Waals surface area contributed by atoms with Crippen molar-refractivity contribution in [3.05, 3.63) is 41.7 Å². The summed E-state index contributed by atoms with van der Waals surface area (Å²) in [6.07, 6.45) is 1.89. The highest BCUT2D eigenvalue weighted by Gasteiger charge is 2.54. The van der Waals surface area contributed by atoms with E-state index < -0.39 is 12.2 Å². The normalized spacial score (nSPS) is 23.3. The molecule has 1 fully saturated rings. The molecular weight excluding hydrogens is 309 g/mol. The van der Waals surface area contributed by atoms with E-state index in [4.69, 9.17) is 4.52 Å². The van der Waals surface area contributed by atoms with Crippen LogP contribution >= 0.6 is 0 Å². The van der Waals surface area contributed by atoms with E-state index in [2.05, 4.69) is 10.1 Å². The Hall–Kier alpha value is -2.09. The molecule has 0 spiro atoms. The molecule has 23 heavy (non-hydrogen) atoms. The summed E-state index contributed by atoms with van der Waals surface area (Å²) in [4.78, 5) is 4.43. The predicted molar refractivity (Wildman–Crippen MR) is 76.0 cm³/mol. The van der Waals surface area contributed by atoms with Crippen molar-refractivity contribution in [3.63, 3.8) is 0 Å². The molecule has 1 aromatic rings. The maximum atomic E-state index is 13.5. The monoisotopic (exact) mass is 324 g/mol. The first-order valence-electron chi connectivity index (χ1n) is 7.46. The number of halogens is 3. The zero-order valence-corrected chi connectivity index (χ0v) is 12.4. The number of fused-ring (bicyclic) bond motifs is 1. The van der Waals surface area contributed by atoms with Gasteiger partial charge in [-0.15, -0.1) is 0 Å². The van der Waals surface area contributed by atoms with E-state index in [-0.39, 0.29) is 12.5 Å². The summed E-state index contributed by atoms with van der Waals surface area (Å²) in [7, 11) is 0. The number of nitrogens with zero attached hydrogens (tertiary/aromatic N) is 4. The zero-order valence-electron chi connectivity index (χ0n) is 12.4. The van der Waals surface area contributed by atoms with E-state index in [1.54, 1.807) is 30.2 Å². The molecule has 1 atom stereocenters. The number of rotatable bonds is 3. The highest BCUT2D eigenvalue weighted by Crippen LogP contribution is 2.46. The van der Waals surface area contributed by atoms with Crippen molar-refractivity contribution in [1.82, 2.24) is 15.2 Å². The fraction of sp³-hybridized carbons (Fsp3) is 0.467. The third-order valence-electron chi connectivity index (χ3n) is 4.27. The van der Waals surface area contributed by atoms with Gasteiger partial charge in [0.25, 0.3) is 0 Å². The van der Waals surface area contributed by atoms with Crippen molar-refractivity contribution >= 4 is 5.71 Å². The van der Waals surface area contributed by atoms with Gasteiger partial charge >= 0.3 is 6.18 Å². The number of hydrogen-bond acceptors (Lipinski definition) is 5. The van der Waals surface area contributed by atoms with E-state index in [9.17, 15) is 13.2 Å². The van der Waals surface area contributed by atoms with Crippen molar-refractivity contribution in [2.45, 2.75) is 32.0 Å². The summed E-state index contributed by atoms with van der Waals surface area (Å²) in [5, 5.41) is 6.78. The molecular formula is C15H15F3N4O. The van der Waals surface area contributed by atoms with Crippen LogP contribution in [0.1, 0.15) is 25.5 Å². The molecule has 5 nitrogen and oxygen atoms in total. The molecule has 1 aromatic heterocycles. The third-order valence-corrected chi connectivity index (χ3v) is 4.27. The van der Waals surface area contributed by atoms with Gasteiger partial charge in [-0.2, -0.15) is 18.2 Å². The van der Waals surface area contributed by atoms with Gasteiger partial charge in [0.05, 0.1) is 5.71 Å². The number of hydrazine groups is 1. The molecule has 0 radical (unpaired) electrons. The Morgan fingerprint density at radius 1 is 1.35 bits per heavy atom. The summed E-state index contributed by atoms with van der Waals surface area (Å²) < 4.78 is 45.2. The van der Waals surface area contributed by atoms with Crippen molar-refractivity contribution in [2.75, 3.05) is 6.54 Å². The van der Waals surface area contributed by atoms with E-state index in [0.717, 1.165) is 0 Å². The smallest absolute Gasteiger partial charge is 0.364 e. The van der Waals surface area contributed by atoms with Crippen LogP contribution < -0.4 is 0 Å². The predicted octanol–water partition coefficient (Wildman–Crippen LogP) is 3.10. The summed E-state index contributed by atoms with van der Waals surface area (Å²) in [6.45, 7) is 1.98. The number of allylic oxidation sites excluding steroid dienone is 2. The summed E-state index contributed by atoms with van der Waals surface area (Å²) >= 11 is 0. The first kappa shape index (κ1) is 14.5. The average Bonchev–Trinajstić information content (AvgIpc) is 2.99. The van der Waals surface area contributed by atoms with E-state index in [1.165, 1.54) is 11.3 Å². The molecule has 3 aliphatic rings. The molecule has 0 unspecified atom stereocenters. The Bertz CT molecular complexity index is 701. The maximum absolute atomic E-state index is 13.5. The number of alkyl halides is 3. The van der Waals surface area contributed by atoms with Crippen LogP contribution in [0.5, 0.6) is 0 Å². The van der Waals surface area contributed by atoms with Gasteiger partial charge in [-0.25, -0.2) is 4.99 Å². The minimum absolute atomic E-state index is 0.205. The lowest BCUT2D eigenvalue weighted by Gasteiger charge is -2.39. The second-order valence-corrected chi connectivity index (χ2v) is 5.99. The van der Waals surface area contributed by atoms with Crippen LogP contribution in [0.4, 0.5) is 13.2 Å². The van der Waals surface area contributed by atoms with Crippen LogP contribution in [0.2, 0.25) is 0 Å². The fourth-order valence-corrected chi connectivity index (χ4v) is 3.17. The van der Waals surface area contributed by atoms with Crippen LogP contribution in [0, 0.1) is 5.92 Å². The largest absolute Gasteiger partial charge is 0.406 e. The van der Waals surface area contributed by atoms with Gasteiger partial charge in [0.1, 0.15) is 23.8 Å². The third kappa shape index (κ3) is 2.46. The van der Waals surface area contributed by atoms with Crippen LogP contribution in [0.3, 0.4) is 0 Å². The van der Waals surface area contributed by atoms with Gasteiger partial charge in [-0.05, 0) is 37.8 Å². The number of aromatic nitrogens is 1. The maximum Gasteiger partial charge on any atom is 0.406 e. The Morgan fingerprint density at radius 2 is 2.13 bits per heavy atom. The molecule has 3 heterocycles. The molecule has 0 aromatic carbocycles. The molecule has 8 heteroatoms. The molecule has 1 saturated carbocycles. The lowest BCUT2D eigenvalue weighted by Crippen LogP contribution is -2.52. The van der Waals surface area contributed by atoms with Crippen molar-refractivity contribution in [3.8, 4) is 0 Å². The van der Waals surface area contributed by atoms with Crippen molar-refractivity contribution in [1.29, 1.82) is 0 Å². The minimum atomic E-state index is -4.25. The lowest BCUT2D eigenvalue weighted by atomic mass is 10.1. The van der Waals surface area contributed by atoms with E-state index >= 15 is 0 Å². The molecule has 0 saturated heterocycles. The topological polar surface area (TPSA) is 44.9 Å². The lowest BCUT2D eigenvalue weighted by molar-refractivity contribution is -0.212. The SMILES string of the molecule is CC1=CC(c2ccon2)=NC2=CCN([C@@H](C3CC3)C(F)(F)F)N12. The number of aliphatic imine (C=N–C) groups is 1. The highest BCUT2D eigenvalue weighted by atomic mass is 19.4. The summed E-state index contributed by atoms with van der Waals surface area (Å²) in [5.41, 5.74) is 1.85. The molecule has 4 rings (SSSR count). The van der Waals surface area contributed by atoms with Crippen LogP contribution in [-0.4, -0.2) is 39.6 Å². The van der Waals surface area contributed by atoms with Gasteiger partial charge in [-0.1, -0.05) is 5.16 Å². The minimum Gasteiger partial charge on any atom is -0.364 e. The van der Waals surface area contributed by atoms with Crippen LogP contribution in [-0.2, 0) is 0 Å². The van der Waals surface area contributed by atoms with Gasteiger partial charge in [0.15, 0.2) is 0 Å². The fourth-order valence-electron chi connectivity index (χ4n) is 3.17. The first-order valence-corrected chi connectivity index (χ1v) is 7.46. The van der Waals surface area contributed by atoms with Crippen molar-refractivity contribution < 1.29 is 17.7 Å². The van der Waals surface area contributed by atoms with Gasteiger partial charge in [0.2, 0.25) is 0 Å². The Kier molecular flexibility index (Phi) is 3.12. The Labute approximate surface area is 130 Å². The second kappa shape index (κ2) is 4.95. The van der Waals surface area contributed by atoms with Crippen LogP contribution in [0.15, 0.2) is 45.5 Å². The Balaban J connectivity index is 1.65. The summed E-state index contributed by atoms with van der Waals surface area (Å²) in [5.74, 6) is 0.189. The molecule has 0 N–H and O–H groups in total. The molecule has 2 aliphatic heterocycles. The molecule has 122 valence electrons. The first-order chi connectivity index (χ1) is 10.9. The summed E-state index contributed by atoms with van der Waals surface area (Å²) in [6, 6.07) is 0.220. The standard InChI is InChI=1S/C15H15F3N4O/c1-9-8-12(11-5-7-23-20-11)19-13-4-6-21(22(9)13)14(10-2-3-10)15(16,17)18/h4-5,7-8,10,14H,2-3,6H2,1H3/t14-/m0/s1. The molecule has 0 bridgehead atoms. The average molecular weight is 324 g/mol. The number of hydrogen-bond donors (Lipinski definition) is 0. The highest BCUT2D eigenvalue weighted by molar-refractivity contribution is 6.08. The quantitative estimate of drug-likeness (QED) is 0.857. The van der Waals surface area contributed by atoms with Crippen LogP contribution in [0.25, 0.3) is 0 Å². The van der Waals surface area contributed by atoms with E-state index in [0.29, 0.717) is 35.8 Å². The zero-order chi connectivity index (χ0) is 16.2. The second-order valence-electron chi connectivity index (χ2n) is 5.99.